The van der Waals surface area contributed by atoms with Crippen LogP contribution in [-0.2, 0) is 0 Å². The van der Waals surface area contributed by atoms with E-state index >= 15 is 0 Å². The molecule has 1 aliphatic rings. The van der Waals surface area contributed by atoms with Crippen molar-refractivity contribution in [1.82, 2.24) is 0 Å². The van der Waals surface area contributed by atoms with Crippen molar-refractivity contribution in [3.8, 4) is 0 Å². The quantitative estimate of drug-likeness (QED) is 0.812. The monoisotopic (exact) mass is 257 g/mol. The molecule has 17 heavy (non-hydrogen) atoms. The Hall–Kier alpha value is -0.930. The van der Waals surface area contributed by atoms with Crippen LogP contribution >= 0.6 is 12.4 Å². The van der Waals surface area contributed by atoms with Gasteiger partial charge in [0.25, 0.3) is 0 Å². The van der Waals surface area contributed by atoms with Gasteiger partial charge in [-0.3, -0.25) is 4.99 Å². The fourth-order valence-electron chi connectivity index (χ4n) is 2.44. The molecule has 2 nitrogen and oxygen atoms in total. The summed E-state index contributed by atoms with van der Waals surface area (Å²) >= 11 is 0. The second-order valence-corrected chi connectivity index (χ2v) is 4.32. The number of hydrogen-bond acceptors (Lipinski definition) is 2. The summed E-state index contributed by atoms with van der Waals surface area (Å²) in [5.74, 6) is -0.291. The third kappa shape index (κ3) is 2.85. The van der Waals surface area contributed by atoms with Crippen molar-refractivity contribution in [2.45, 2.75) is 31.3 Å². The molecule has 1 aromatic carbocycles. The number of hydrogen-bond donors (Lipinski definition) is 1. The second kappa shape index (κ2) is 5.61. The zero-order valence-electron chi connectivity index (χ0n) is 9.82. The van der Waals surface area contributed by atoms with E-state index in [4.69, 9.17) is 0 Å². The molecule has 0 bridgehead atoms. The summed E-state index contributed by atoms with van der Waals surface area (Å²) in [5.41, 5.74) is 0.444. The van der Waals surface area contributed by atoms with Gasteiger partial charge >= 0.3 is 0 Å². The Morgan fingerprint density at radius 1 is 1.35 bits per heavy atom. The minimum absolute atomic E-state index is 0. The number of aliphatic hydroxyl groups is 1. The number of benzene rings is 1. The van der Waals surface area contributed by atoms with Crippen molar-refractivity contribution < 1.29 is 9.50 Å². The predicted molar refractivity (Wildman–Crippen MR) is 69.5 cm³/mol. The third-order valence-electron chi connectivity index (χ3n) is 3.19. The first-order valence-corrected chi connectivity index (χ1v) is 5.61. The van der Waals surface area contributed by atoms with Crippen molar-refractivity contribution in [2.24, 2.45) is 4.99 Å². The van der Waals surface area contributed by atoms with Crippen molar-refractivity contribution >= 4 is 18.1 Å². The topological polar surface area (TPSA) is 32.6 Å². The van der Waals surface area contributed by atoms with E-state index in [1.54, 1.807) is 19.2 Å². The highest BCUT2D eigenvalue weighted by Gasteiger charge is 2.36. The van der Waals surface area contributed by atoms with Gasteiger partial charge in [-0.05, 0) is 25.0 Å². The first-order valence-electron chi connectivity index (χ1n) is 5.61. The summed E-state index contributed by atoms with van der Waals surface area (Å²) in [5, 5.41) is 10.4. The molecule has 0 heterocycles. The smallest absolute Gasteiger partial charge is 0.123 e. The Kier molecular flexibility index (Phi) is 4.66. The van der Waals surface area contributed by atoms with Crippen LogP contribution in [0.2, 0.25) is 0 Å². The molecule has 1 fully saturated rings. The lowest BCUT2D eigenvalue weighted by Gasteiger charge is -2.24. The average molecular weight is 258 g/mol. The van der Waals surface area contributed by atoms with Crippen LogP contribution in [0.4, 0.5) is 4.39 Å². The molecule has 1 aliphatic carbocycles. The summed E-state index contributed by atoms with van der Waals surface area (Å²) < 4.78 is 13.1. The molecule has 1 saturated carbocycles. The molecular formula is C13H17ClFNO. The van der Waals surface area contributed by atoms with Crippen LogP contribution in [-0.4, -0.2) is 23.5 Å². The van der Waals surface area contributed by atoms with Gasteiger partial charge in [0.15, 0.2) is 0 Å². The van der Waals surface area contributed by atoms with Gasteiger partial charge in [0.2, 0.25) is 0 Å². The molecule has 1 N–H and O–H groups in total. The number of halogens is 2. The van der Waals surface area contributed by atoms with E-state index in [0.29, 0.717) is 11.3 Å². The highest BCUT2D eigenvalue weighted by atomic mass is 35.5. The van der Waals surface area contributed by atoms with Gasteiger partial charge in [-0.15, -0.1) is 12.4 Å². The molecule has 1 aromatic rings. The Balaban J connectivity index is 0.00000144. The van der Waals surface area contributed by atoms with E-state index in [0.717, 1.165) is 25.7 Å². The maximum absolute atomic E-state index is 13.1. The molecule has 0 aliphatic heterocycles. The van der Waals surface area contributed by atoms with Crippen molar-refractivity contribution in [3.63, 3.8) is 0 Å². The molecule has 0 spiro atoms. The van der Waals surface area contributed by atoms with E-state index in [9.17, 15) is 9.50 Å². The van der Waals surface area contributed by atoms with Gasteiger partial charge in [0, 0.05) is 12.6 Å². The van der Waals surface area contributed by atoms with E-state index < -0.39 is 5.60 Å². The van der Waals surface area contributed by atoms with Gasteiger partial charge in [-0.1, -0.05) is 25.0 Å². The van der Waals surface area contributed by atoms with Crippen LogP contribution < -0.4 is 0 Å². The maximum atomic E-state index is 13.1. The average Bonchev–Trinajstić information content (AvgIpc) is 2.67. The molecule has 2 rings (SSSR count). The molecule has 0 atom stereocenters. The van der Waals surface area contributed by atoms with Gasteiger partial charge in [-0.2, -0.15) is 0 Å². The van der Waals surface area contributed by atoms with Gasteiger partial charge in [0.05, 0.1) is 5.71 Å². The maximum Gasteiger partial charge on any atom is 0.123 e. The molecule has 4 heteroatoms. The van der Waals surface area contributed by atoms with Gasteiger partial charge in [0.1, 0.15) is 11.4 Å². The van der Waals surface area contributed by atoms with Crippen LogP contribution in [0.3, 0.4) is 0 Å². The summed E-state index contributed by atoms with van der Waals surface area (Å²) in [6.07, 6.45) is 3.45. The largest absolute Gasteiger partial charge is 0.384 e. The fraction of sp³-hybridized carbons (Fsp3) is 0.462. The number of nitrogens with zero attached hydrogens (tertiary/aromatic N) is 1. The molecule has 0 aromatic heterocycles. The van der Waals surface area contributed by atoms with Crippen LogP contribution in [0.15, 0.2) is 29.3 Å². The lowest BCUT2D eigenvalue weighted by molar-refractivity contribution is 0.121. The first kappa shape index (κ1) is 14.1. The number of rotatable bonds is 2. The third-order valence-corrected chi connectivity index (χ3v) is 3.19. The van der Waals surface area contributed by atoms with Crippen molar-refractivity contribution in [1.29, 1.82) is 0 Å². The van der Waals surface area contributed by atoms with E-state index in [-0.39, 0.29) is 18.2 Å². The van der Waals surface area contributed by atoms with Gasteiger partial charge in [-0.25, -0.2) is 4.39 Å². The zero-order valence-corrected chi connectivity index (χ0v) is 10.6. The molecule has 0 unspecified atom stereocenters. The highest BCUT2D eigenvalue weighted by molar-refractivity contribution is 6.06. The van der Waals surface area contributed by atoms with Crippen LogP contribution in [0.5, 0.6) is 0 Å². The fourth-order valence-corrected chi connectivity index (χ4v) is 2.44. The van der Waals surface area contributed by atoms with Gasteiger partial charge < -0.3 is 5.11 Å². The normalized spacial score (nSPS) is 18.9. The van der Waals surface area contributed by atoms with Crippen LogP contribution in [0.1, 0.15) is 31.2 Å². The Bertz CT molecular complexity index is 414. The number of aliphatic imine (C=N–C) groups is 1. The summed E-state index contributed by atoms with van der Waals surface area (Å²) in [4.78, 5) is 4.15. The molecular weight excluding hydrogens is 241 g/mol. The van der Waals surface area contributed by atoms with Crippen LogP contribution in [0.25, 0.3) is 0 Å². The SMILES string of the molecule is C/N=C(/c1cccc(F)c1)C1(O)CCCC1.Cl. The summed E-state index contributed by atoms with van der Waals surface area (Å²) in [6, 6.07) is 6.27. The highest BCUT2D eigenvalue weighted by Crippen LogP contribution is 2.33. The van der Waals surface area contributed by atoms with Crippen molar-refractivity contribution in [2.75, 3.05) is 7.05 Å². The van der Waals surface area contributed by atoms with E-state index in [1.165, 1.54) is 12.1 Å². The molecule has 0 radical (unpaired) electrons. The lowest BCUT2D eigenvalue weighted by atomic mass is 9.90. The van der Waals surface area contributed by atoms with E-state index in [2.05, 4.69) is 4.99 Å². The van der Waals surface area contributed by atoms with Crippen LogP contribution in [0, 0.1) is 5.82 Å². The van der Waals surface area contributed by atoms with Crippen molar-refractivity contribution in [3.05, 3.63) is 35.6 Å². The zero-order chi connectivity index (χ0) is 11.6. The Labute approximate surface area is 107 Å². The van der Waals surface area contributed by atoms with E-state index in [1.807, 2.05) is 0 Å². The predicted octanol–water partition coefficient (Wildman–Crippen LogP) is 2.97. The molecule has 94 valence electrons. The summed E-state index contributed by atoms with van der Waals surface area (Å²) in [6.45, 7) is 0. The standard InChI is InChI=1S/C13H16FNO.ClH/c1-15-12(13(16)7-2-3-8-13)10-5-4-6-11(14)9-10;/h4-6,9,16H,2-3,7-8H2,1H3;1H/b15-12-;. The second-order valence-electron chi connectivity index (χ2n) is 4.32. The Morgan fingerprint density at radius 2 is 2.00 bits per heavy atom. The Morgan fingerprint density at radius 3 is 2.53 bits per heavy atom. The minimum Gasteiger partial charge on any atom is -0.384 e. The lowest BCUT2D eigenvalue weighted by Crippen LogP contribution is -2.36. The minimum atomic E-state index is -0.859. The first-order chi connectivity index (χ1) is 7.65. The molecule has 0 amide bonds. The summed E-state index contributed by atoms with van der Waals surface area (Å²) in [7, 11) is 1.65. The molecule has 0 saturated heterocycles.